The van der Waals surface area contributed by atoms with Crippen LogP contribution in [0.2, 0.25) is 0 Å². The van der Waals surface area contributed by atoms with Gasteiger partial charge in [0.25, 0.3) is 0 Å². The molecule has 1 aliphatic heterocycles. The molecule has 5 nitrogen and oxygen atoms in total. The summed E-state index contributed by atoms with van der Waals surface area (Å²) in [6.45, 7) is 7.86. The third kappa shape index (κ3) is 5.69. The van der Waals surface area contributed by atoms with Gasteiger partial charge in [-0.15, -0.1) is 11.3 Å². The molecule has 148 valence electrons. The summed E-state index contributed by atoms with van der Waals surface area (Å²) in [7, 11) is 2.15. The van der Waals surface area contributed by atoms with Crippen molar-refractivity contribution in [3.8, 4) is 0 Å². The van der Waals surface area contributed by atoms with Gasteiger partial charge in [0.15, 0.2) is 0 Å². The zero-order valence-corrected chi connectivity index (χ0v) is 17.3. The summed E-state index contributed by atoms with van der Waals surface area (Å²) >= 11 is 1.72. The number of thiophene rings is 1. The van der Waals surface area contributed by atoms with Gasteiger partial charge in [-0.2, -0.15) is 0 Å². The number of aliphatic hydroxyl groups excluding tert-OH is 1. The van der Waals surface area contributed by atoms with E-state index in [2.05, 4.69) is 42.6 Å². The topological polar surface area (TPSA) is 55.8 Å². The van der Waals surface area contributed by atoms with Crippen LogP contribution in [-0.4, -0.2) is 66.8 Å². The minimum atomic E-state index is -0.0780. The SMILES string of the molecule is CCCCN(C)C[C@@H]1[C@H](CC)CN(C(=O)NCCc2cccs2)[C@@H]1CO. The van der Waals surface area contributed by atoms with E-state index >= 15 is 0 Å². The molecular weight excluding hydrogens is 346 g/mol. The lowest BCUT2D eigenvalue weighted by atomic mass is 9.88. The minimum Gasteiger partial charge on any atom is -0.394 e. The van der Waals surface area contributed by atoms with E-state index in [4.69, 9.17) is 0 Å². The highest BCUT2D eigenvalue weighted by atomic mass is 32.1. The minimum absolute atomic E-state index is 0.0298. The van der Waals surface area contributed by atoms with Crippen LogP contribution in [0.3, 0.4) is 0 Å². The van der Waals surface area contributed by atoms with Crippen LogP contribution in [0.25, 0.3) is 0 Å². The van der Waals surface area contributed by atoms with Crippen LogP contribution in [0.4, 0.5) is 4.79 Å². The Labute approximate surface area is 162 Å². The molecule has 0 aromatic carbocycles. The van der Waals surface area contributed by atoms with Gasteiger partial charge in [0.1, 0.15) is 0 Å². The molecule has 1 aromatic heterocycles. The Hall–Kier alpha value is -1.11. The lowest BCUT2D eigenvalue weighted by Gasteiger charge is -2.30. The zero-order chi connectivity index (χ0) is 18.9. The maximum atomic E-state index is 12.7. The van der Waals surface area contributed by atoms with Gasteiger partial charge in [-0.1, -0.05) is 32.8 Å². The molecule has 0 spiro atoms. The Morgan fingerprint density at radius 1 is 1.46 bits per heavy atom. The molecule has 6 heteroatoms. The average molecular weight is 382 g/mol. The Bertz CT molecular complexity index is 523. The van der Waals surface area contributed by atoms with Crippen molar-refractivity contribution >= 4 is 17.4 Å². The summed E-state index contributed by atoms with van der Waals surface area (Å²) in [4.78, 5) is 18.2. The molecule has 1 aromatic rings. The van der Waals surface area contributed by atoms with Crippen molar-refractivity contribution in [2.24, 2.45) is 11.8 Å². The van der Waals surface area contributed by atoms with E-state index in [1.165, 1.54) is 17.7 Å². The second-order valence-corrected chi connectivity index (χ2v) is 8.44. The van der Waals surface area contributed by atoms with Crippen LogP contribution in [0.5, 0.6) is 0 Å². The number of hydrogen-bond acceptors (Lipinski definition) is 4. The first-order valence-electron chi connectivity index (χ1n) is 9.96. The Morgan fingerprint density at radius 3 is 2.88 bits per heavy atom. The summed E-state index contributed by atoms with van der Waals surface area (Å²) in [5.41, 5.74) is 0. The van der Waals surface area contributed by atoms with Gasteiger partial charge < -0.3 is 20.2 Å². The molecule has 2 N–H and O–H groups in total. The molecule has 2 heterocycles. The third-order valence-electron chi connectivity index (χ3n) is 5.55. The summed E-state index contributed by atoms with van der Waals surface area (Å²) in [5.74, 6) is 0.800. The number of unbranched alkanes of at least 4 members (excludes halogenated alkanes) is 1. The van der Waals surface area contributed by atoms with Crippen molar-refractivity contribution in [3.05, 3.63) is 22.4 Å². The van der Waals surface area contributed by atoms with Crippen molar-refractivity contribution in [2.75, 3.05) is 39.8 Å². The molecule has 0 radical (unpaired) electrons. The molecule has 1 fully saturated rings. The molecule has 26 heavy (non-hydrogen) atoms. The van der Waals surface area contributed by atoms with Gasteiger partial charge in [0, 0.05) is 24.5 Å². The Morgan fingerprint density at radius 2 is 2.27 bits per heavy atom. The number of hydrogen-bond donors (Lipinski definition) is 2. The molecule has 0 saturated carbocycles. The molecule has 2 amide bonds. The van der Waals surface area contributed by atoms with Crippen molar-refractivity contribution in [2.45, 2.75) is 45.6 Å². The number of carbonyl (C=O) groups excluding carboxylic acids is 1. The zero-order valence-electron chi connectivity index (χ0n) is 16.5. The predicted molar refractivity (Wildman–Crippen MR) is 109 cm³/mol. The maximum absolute atomic E-state index is 12.7. The molecule has 3 atom stereocenters. The number of amides is 2. The van der Waals surface area contributed by atoms with Crippen LogP contribution in [0, 0.1) is 11.8 Å². The molecule has 0 bridgehead atoms. The van der Waals surface area contributed by atoms with Gasteiger partial charge >= 0.3 is 6.03 Å². The second-order valence-electron chi connectivity index (χ2n) is 7.41. The number of rotatable bonds is 10. The van der Waals surface area contributed by atoms with E-state index < -0.39 is 0 Å². The fraction of sp³-hybridized carbons (Fsp3) is 0.750. The van der Waals surface area contributed by atoms with Crippen molar-refractivity contribution in [1.82, 2.24) is 15.1 Å². The van der Waals surface area contributed by atoms with E-state index in [-0.39, 0.29) is 18.7 Å². The standard InChI is InChI=1S/C20H35N3O2S/c1-4-6-11-22(3)14-18-16(5-2)13-23(19(18)15-24)20(25)21-10-9-17-8-7-12-26-17/h7-8,12,16,18-19,24H,4-6,9-11,13-15H2,1-3H3,(H,21,25)/t16-,18-,19-/m1/s1. The lowest BCUT2D eigenvalue weighted by molar-refractivity contribution is 0.125. The molecule has 0 aliphatic carbocycles. The summed E-state index contributed by atoms with van der Waals surface area (Å²) in [6.07, 6.45) is 4.29. The van der Waals surface area contributed by atoms with Gasteiger partial charge in [-0.25, -0.2) is 4.79 Å². The van der Waals surface area contributed by atoms with Gasteiger partial charge in [-0.05, 0) is 49.7 Å². The first-order valence-corrected chi connectivity index (χ1v) is 10.8. The molecule has 1 aliphatic rings. The van der Waals surface area contributed by atoms with Crippen LogP contribution < -0.4 is 5.32 Å². The lowest BCUT2D eigenvalue weighted by Crippen LogP contribution is -2.47. The van der Waals surface area contributed by atoms with Gasteiger partial charge in [-0.3, -0.25) is 0 Å². The first kappa shape index (κ1) is 21.2. The number of urea groups is 1. The maximum Gasteiger partial charge on any atom is 0.317 e. The van der Waals surface area contributed by atoms with E-state index in [0.717, 1.165) is 32.5 Å². The largest absolute Gasteiger partial charge is 0.394 e. The molecule has 2 rings (SSSR count). The van der Waals surface area contributed by atoms with E-state index in [1.807, 2.05) is 11.0 Å². The Balaban J connectivity index is 1.91. The fourth-order valence-electron chi connectivity index (χ4n) is 3.97. The molecular formula is C20H35N3O2S. The number of nitrogens with zero attached hydrogens (tertiary/aromatic N) is 2. The highest BCUT2D eigenvalue weighted by molar-refractivity contribution is 7.09. The summed E-state index contributed by atoms with van der Waals surface area (Å²) in [5, 5.41) is 15.1. The van der Waals surface area contributed by atoms with E-state index in [9.17, 15) is 9.90 Å². The average Bonchev–Trinajstić information content (AvgIpc) is 3.27. The van der Waals surface area contributed by atoms with Crippen LogP contribution in [0.1, 0.15) is 38.0 Å². The van der Waals surface area contributed by atoms with Crippen LogP contribution in [-0.2, 0) is 6.42 Å². The van der Waals surface area contributed by atoms with Crippen LogP contribution >= 0.6 is 11.3 Å². The number of carbonyl (C=O) groups is 1. The summed E-state index contributed by atoms with van der Waals surface area (Å²) < 4.78 is 0. The third-order valence-corrected chi connectivity index (χ3v) is 6.48. The molecule has 0 unspecified atom stereocenters. The summed E-state index contributed by atoms with van der Waals surface area (Å²) in [6, 6.07) is 4.03. The fourth-order valence-corrected chi connectivity index (χ4v) is 4.68. The normalized spacial score (nSPS) is 23.0. The first-order chi connectivity index (χ1) is 12.6. The monoisotopic (exact) mass is 381 g/mol. The van der Waals surface area contributed by atoms with Crippen molar-refractivity contribution in [3.63, 3.8) is 0 Å². The van der Waals surface area contributed by atoms with E-state index in [0.29, 0.717) is 18.4 Å². The highest BCUT2D eigenvalue weighted by Gasteiger charge is 2.42. The highest BCUT2D eigenvalue weighted by Crippen LogP contribution is 2.32. The van der Waals surface area contributed by atoms with Crippen molar-refractivity contribution in [1.29, 1.82) is 0 Å². The van der Waals surface area contributed by atoms with Crippen LogP contribution in [0.15, 0.2) is 17.5 Å². The smallest absolute Gasteiger partial charge is 0.317 e. The predicted octanol–water partition coefficient (Wildman–Crippen LogP) is 3.05. The van der Waals surface area contributed by atoms with E-state index in [1.54, 1.807) is 11.3 Å². The quantitative estimate of drug-likeness (QED) is 0.655. The van der Waals surface area contributed by atoms with Gasteiger partial charge in [0.05, 0.1) is 12.6 Å². The second kappa shape index (κ2) is 10.9. The Kier molecular flexibility index (Phi) is 8.88. The molecule has 1 saturated heterocycles. The number of likely N-dealkylation sites (tertiary alicyclic amines) is 1. The number of nitrogens with one attached hydrogen (secondary N) is 1. The van der Waals surface area contributed by atoms with Crippen molar-refractivity contribution < 1.29 is 9.90 Å². The van der Waals surface area contributed by atoms with Gasteiger partial charge in [0.2, 0.25) is 0 Å². The number of aliphatic hydroxyl groups is 1.